The van der Waals surface area contributed by atoms with Crippen LogP contribution in [0.15, 0.2) is 24.5 Å². The second-order valence-electron chi connectivity index (χ2n) is 3.48. The SMILES string of the molecule is O=C(OCCCCCCBr)c1cccnc1. The van der Waals surface area contributed by atoms with E-state index in [0.29, 0.717) is 12.2 Å². The van der Waals surface area contributed by atoms with Crippen molar-refractivity contribution in [1.29, 1.82) is 0 Å². The molecule has 0 aliphatic rings. The third kappa shape index (κ3) is 5.26. The second-order valence-corrected chi connectivity index (χ2v) is 4.27. The van der Waals surface area contributed by atoms with Gasteiger partial charge in [-0.15, -0.1) is 0 Å². The van der Waals surface area contributed by atoms with E-state index in [1.54, 1.807) is 18.3 Å². The van der Waals surface area contributed by atoms with Crippen molar-refractivity contribution in [3.05, 3.63) is 30.1 Å². The number of nitrogens with zero attached hydrogens (tertiary/aromatic N) is 1. The Hall–Kier alpha value is -0.900. The Kier molecular flexibility index (Phi) is 6.81. The van der Waals surface area contributed by atoms with Gasteiger partial charge in [0.15, 0.2) is 0 Å². The van der Waals surface area contributed by atoms with Crippen molar-refractivity contribution in [3.8, 4) is 0 Å². The lowest BCUT2D eigenvalue weighted by molar-refractivity contribution is 0.0497. The maximum Gasteiger partial charge on any atom is 0.339 e. The van der Waals surface area contributed by atoms with E-state index in [2.05, 4.69) is 20.9 Å². The third-order valence-electron chi connectivity index (χ3n) is 2.16. The lowest BCUT2D eigenvalue weighted by Gasteiger charge is -2.03. The molecule has 0 amide bonds. The number of rotatable bonds is 7. The van der Waals surface area contributed by atoms with Crippen LogP contribution in [0.3, 0.4) is 0 Å². The molecule has 4 heteroatoms. The highest BCUT2D eigenvalue weighted by Crippen LogP contribution is 2.04. The van der Waals surface area contributed by atoms with Crippen LogP contribution in [-0.2, 0) is 4.74 Å². The average molecular weight is 286 g/mol. The molecule has 0 N–H and O–H groups in total. The number of unbranched alkanes of at least 4 members (excludes halogenated alkanes) is 3. The van der Waals surface area contributed by atoms with Crippen LogP contribution in [0.1, 0.15) is 36.0 Å². The Bertz CT molecular complexity index is 303. The molecule has 0 fully saturated rings. The van der Waals surface area contributed by atoms with Crippen molar-refractivity contribution in [2.24, 2.45) is 0 Å². The smallest absolute Gasteiger partial charge is 0.339 e. The van der Waals surface area contributed by atoms with Crippen LogP contribution in [0.5, 0.6) is 0 Å². The van der Waals surface area contributed by atoms with Gasteiger partial charge < -0.3 is 4.74 Å². The summed E-state index contributed by atoms with van der Waals surface area (Å²) in [7, 11) is 0. The molecule has 0 radical (unpaired) electrons. The molecule has 0 aromatic carbocycles. The fraction of sp³-hybridized carbons (Fsp3) is 0.500. The third-order valence-corrected chi connectivity index (χ3v) is 2.72. The molecule has 1 aromatic rings. The van der Waals surface area contributed by atoms with Gasteiger partial charge in [-0.3, -0.25) is 4.98 Å². The first-order valence-corrected chi connectivity index (χ1v) is 6.60. The number of alkyl halides is 1. The Morgan fingerprint density at radius 2 is 2.12 bits per heavy atom. The highest BCUT2D eigenvalue weighted by molar-refractivity contribution is 9.09. The molecule has 0 unspecified atom stereocenters. The summed E-state index contributed by atoms with van der Waals surface area (Å²) in [5.74, 6) is -0.284. The number of aromatic nitrogens is 1. The highest BCUT2D eigenvalue weighted by atomic mass is 79.9. The van der Waals surface area contributed by atoms with E-state index in [1.165, 1.54) is 19.0 Å². The zero-order chi connectivity index (χ0) is 11.6. The number of ether oxygens (including phenoxy) is 1. The van der Waals surface area contributed by atoms with Crippen LogP contribution < -0.4 is 0 Å². The van der Waals surface area contributed by atoms with E-state index in [1.807, 2.05) is 0 Å². The molecular weight excluding hydrogens is 270 g/mol. The van der Waals surface area contributed by atoms with E-state index >= 15 is 0 Å². The van der Waals surface area contributed by atoms with Crippen LogP contribution in [0.25, 0.3) is 0 Å². The van der Waals surface area contributed by atoms with Gasteiger partial charge >= 0.3 is 5.97 Å². The Morgan fingerprint density at radius 1 is 1.31 bits per heavy atom. The molecule has 0 saturated carbocycles. The average Bonchev–Trinajstić information content (AvgIpc) is 2.34. The molecule has 0 atom stereocenters. The fourth-order valence-electron chi connectivity index (χ4n) is 1.28. The second kappa shape index (κ2) is 8.28. The number of hydrogen-bond donors (Lipinski definition) is 0. The molecule has 0 saturated heterocycles. The van der Waals surface area contributed by atoms with Crippen molar-refractivity contribution >= 4 is 21.9 Å². The lowest BCUT2D eigenvalue weighted by atomic mass is 10.2. The van der Waals surface area contributed by atoms with Crippen molar-refractivity contribution in [1.82, 2.24) is 4.98 Å². The summed E-state index contributed by atoms with van der Waals surface area (Å²) in [6.45, 7) is 0.496. The highest BCUT2D eigenvalue weighted by Gasteiger charge is 2.05. The van der Waals surface area contributed by atoms with Crippen LogP contribution in [-0.4, -0.2) is 22.9 Å². The van der Waals surface area contributed by atoms with Crippen LogP contribution in [0, 0.1) is 0 Å². The number of hydrogen-bond acceptors (Lipinski definition) is 3. The van der Waals surface area contributed by atoms with E-state index in [0.717, 1.165) is 18.2 Å². The number of carbonyl (C=O) groups is 1. The molecule has 1 rings (SSSR count). The quantitative estimate of drug-likeness (QED) is 0.439. The Balaban J connectivity index is 2.12. The first kappa shape index (κ1) is 13.2. The number of esters is 1. The molecule has 0 aliphatic heterocycles. The minimum absolute atomic E-state index is 0.284. The van der Waals surface area contributed by atoms with Crippen LogP contribution in [0.2, 0.25) is 0 Å². The van der Waals surface area contributed by atoms with Crippen molar-refractivity contribution in [2.45, 2.75) is 25.7 Å². The molecule has 16 heavy (non-hydrogen) atoms. The van der Waals surface area contributed by atoms with Gasteiger partial charge in [0.05, 0.1) is 12.2 Å². The van der Waals surface area contributed by atoms with E-state index in [4.69, 9.17) is 4.74 Å². The van der Waals surface area contributed by atoms with Gasteiger partial charge in [0, 0.05) is 17.7 Å². The van der Waals surface area contributed by atoms with Gasteiger partial charge in [0.25, 0.3) is 0 Å². The fourth-order valence-corrected chi connectivity index (χ4v) is 1.68. The maximum absolute atomic E-state index is 11.5. The zero-order valence-corrected chi connectivity index (χ0v) is 10.8. The maximum atomic E-state index is 11.5. The summed E-state index contributed by atoms with van der Waals surface area (Å²) in [5.41, 5.74) is 0.517. The summed E-state index contributed by atoms with van der Waals surface area (Å²) in [6.07, 6.45) is 7.54. The van der Waals surface area contributed by atoms with Crippen LogP contribution >= 0.6 is 15.9 Å². The minimum atomic E-state index is -0.284. The van der Waals surface area contributed by atoms with E-state index < -0.39 is 0 Å². The molecule has 3 nitrogen and oxygen atoms in total. The van der Waals surface area contributed by atoms with Gasteiger partial charge in [-0.25, -0.2) is 4.79 Å². The standard InChI is InChI=1S/C12H16BrNO2/c13-7-3-1-2-4-9-16-12(15)11-6-5-8-14-10-11/h5-6,8,10H,1-4,7,9H2. The first-order chi connectivity index (χ1) is 7.84. The summed E-state index contributed by atoms with van der Waals surface area (Å²) in [5, 5.41) is 1.04. The van der Waals surface area contributed by atoms with Gasteiger partial charge in [0.1, 0.15) is 0 Å². The zero-order valence-electron chi connectivity index (χ0n) is 9.19. The molecular formula is C12H16BrNO2. The van der Waals surface area contributed by atoms with Crippen molar-refractivity contribution in [2.75, 3.05) is 11.9 Å². The normalized spacial score (nSPS) is 10.1. The first-order valence-electron chi connectivity index (χ1n) is 5.47. The summed E-state index contributed by atoms with van der Waals surface area (Å²) in [4.78, 5) is 15.3. The molecule has 0 bridgehead atoms. The van der Waals surface area contributed by atoms with Gasteiger partial charge in [-0.1, -0.05) is 28.8 Å². The Labute approximate surface area is 104 Å². The molecule has 0 aliphatic carbocycles. The largest absolute Gasteiger partial charge is 0.462 e. The minimum Gasteiger partial charge on any atom is -0.462 e. The summed E-state index contributed by atoms with van der Waals surface area (Å²) >= 11 is 3.38. The van der Waals surface area contributed by atoms with Gasteiger partial charge in [-0.2, -0.15) is 0 Å². The summed E-state index contributed by atoms with van der Waals surface area (Å²) in [6, 6.07) is 3.44. The molecule has 0 spiro atoms. The van der Waals surface area contributed by atoms with Gasteiger partial charge in [0.2, 0.25) is 0 Å². The molecule has 1 aromatic heterocycles. The van der Waals surface area contributed by atoms with Crippen molar-refractivity contribution < 1.29 is 9.53 Å². The molecule has 1 heterocycles. The predicted octanol–water partition coefficient (Wildman–Crippen LogP) is 3.19. The monoisotopic (exact) mass is 285 g/mol. The molecule has 88 valence electrons. The number of carbonyl (C=O) groups excluding carboxylic acids is 1. The van der Waals surface area contributed by atoms with Crippen LogP contribution in [0.4, 0.5) is 0 Å². The number of pyridine rings is 1. The van der Waals surface area contributed by atoms with Crippen molar-refractivity contribution in [3.63, 3.8) is 0 Å². The number of halogens is 1. The van der Waals surface area contributed by atoms with E-state index in [-0.39, 0.29) is 5.97 Å². The predicted molar refractivity (Wildman–Crippen MR) is 66.8 cm³/mol. The summed E-state index contributed by atoms with van der Waals surface area (Å²) < 4.78 is 5.12. The van der Waals surface area contributed by atoms with Gasteiger partial charge in [-0.05, 0) is 25.0 Å². The topological polar surface area (TPSA) is 39.2 Å². The lowest BCUT2D eigenvalue weighted by Crippen LogP contribution is -2.06. The van der Waals surface area contributed by atoms with E-state index in [9.17, 15) is 4.79 Å². The Morgan fingerprint density at radius 3 is 2.81 bits per heavy atom.